The van der Waals surface area contributed by atoms with Crippen LogP contribution < -0.4 is 5.32 Å². The summed E-state index contributed by atoms with van der Waals surface area (Å²) in [6.45, 7) is 0. The molecule has 0 fully saturated rings. The zero-order chi connectivity index (χ0) is 17.4. The van der Waals surface area contributed by atoms with Crippen molar-refractivity contribution in [2.45, 2.75) is 25.3 Å². The lowest BCUT2D eigenvalue weighted by molar-refractivity contribution is -0.145. The minimum Gasteiger partial charge on any atom is -0.467 e. The topological polar surface area (TPSA) is 55.4 Å². The van der Waals surface area contributed by atoms with Crippen LogP contribution in [0.2, 0.25) is 5.02 Å². The van der Waals surface area contributed by atoms with Crippen molar-refractivity contribution in [2.75, 3.05) is 7.11 Å². The molecule has 2 aromatic carbocycles. The van der Waals surface area contributed by atoms with E-state index in [0.29, 0.717) is 24.3 Å². The Labute approximate surface area is 146 Å². The second-order valence-corrected chi connectivity index (χ2v) is 5.83. The highest BCUT2D eigenvalue weighted by Crippen LogP contribution is 2.17. The highest BCUT2D eigenvalue weighted by molar-refractivity contribution is 6.31. The first-order chi connectivity index (χ1) is 11.6. The molecule has 24 heavy (non-hydrogen) atoms. The van der Waals surface area contributed by atoms with E-state index in [1.165, 1.54) is 7.11 Å². The molecule has 0 aliphatic rings. The maximum absolute atomic E-state index is 12.2. The van der Waals surface area contributed by atoms with Gasteiger partial charge < -0.3 is 10.1 Å². The third-order valence-corrected chi connectivity index (χ3v) is 4.06. The predicted molar refractivity (Wildman–Crippen MR) is 93.9 cm³/mol. The van der Waals surface area contributed by atoms with Crippen molar-refractivity contribution in [3.8, 4) is 0 Å². The van der Waals surface area contributed by atoms with Crippen LogP contribution in [0, 0.1) is 0 Å². The van der Waals surface area contributed by atoms with Gasteiger partial charge in [-0.15, -0.1) is 0 Å². The van der Waals surface area contributed by atoms with Gasteiger partial charge in [-0.2, -0.15) is 0 Å². The Morgan fingerprint density at radius 1 is 1.08 bits per heavy atom. The van der Waals surface area contributed by atoms with Crippen molar-refractivity contribution in [1.82, 2.24) is 5.32 Å². The summed E-state index contributed by atoms with van der Waals surface area (Å²) in [5.74, 6) is -0.677. The van der Waals surface area contributed by atoms with E-state index >= 15 is 0 Å². The highest BCUT2D eigenvalue weighted by atomic mass is 35.5. The molecule has 2 aromatic rings. The van der Waals surface area contributed by atoms with Crippen molar-refractivity contribution in [3.05, 3.63) is 70.7 Å². The molecule has 1 atom stereocenters. The van der Waals surface area contributed by atoms with Crippen molar-refractivity contribution < 1.29 is 14.3 Å². The molecule has 0 aliphatic carbocycles. The number of carbonyl (C=O) groups is 2. The molecule has 126 valence electrons. The maximum Gasteiger partial charge on any atom is 0.328 e. The second kappa shape index (κ2) is 9.08. The van der Waals surface area contributed by atoms with E-state index in [4.69, 9.17) is 16.3 Å². The van der Waals surface area contributed by atoms with Gasteiger partial charge in [0, 0.05) is 17.9 Å². The normalized spacial score (nSPS) is 11.6. The number of methoxy groups -OCH3 is 1. The first-order valence-corrected chi connectivity index (χ1v) is 8.12. The average molecular weight is 346 g/mol. The molecule has 1 amide bonds. The second-order valence-electron chi connectivity index (χ2n) is 5.42. The van der Waals surface area contributed by atoms with Crippen molar-refractivity contribution in [2.24, 2.45) is 0 Å². The van der Waals surface area contributed by atoms with Crippen LogP contribution in [0.5, 0.6) is 0 Å². The first-order valence-electron chi connectivity index (χ1n) is 7.74. The van der Waals surface area contributed by atoms with Gasteiger partial charge in [-0.1, -0.05) is 60.1 Å². The van der Waals surface area contributed by atoms with E-state index in [2.05, 4.69) is 5.32 Å². The summed E-state index contributed by atoms with van der Waals surface area (Å²) in [5.41, 5.74) is 1.87. The summed E-state index contributed by atoms with van der Waals surface area (Å²) in [6, 6.07) is 16.2. The van der Waals surface area contributed by atoms with Gasteiger partial charge in [0.1, 0.15) is 6.04 Å². The average Bonchev–Trinajstić information content (AvgIpc) is 2.61. The summed E-state index contributed by atoms with van der Waals surface area (Å²) in [7, 11) is 1.30. The highest BCUT2D eigenvalue weighted by Gasteiger charge is 2.22. The van der Waals surface area contributed by atoms with Gasteiger partial charge in [0.25, 0.3) is 0 Å². The Morgan fingerprint density at radius 2 is 1.75 bits per heavy atom. The number of hydrogen-bond acceptors (Lipinski definition) is 3. The lowest BCUT2D eigenvalue weighted by Crippen LogP contribution is -2.43. The van der Waals surface area contributed by atoms with Crippen LogP contribution in [0.25, 0.3) is 0 Å². The van der Waals surface area contributed by atoms with Crippen LogP contribution in [0.15, 0.2) is 54.6 Å². The summed E-state index contributed by atoms with van der Waals surface area (Å²) < 4.78 is 4.79. The van der Waals surface area contributed by atoms with Gasteiger partial charge in [0.2, 0.25) is 5.91 Å². The lowest BCUT2D eigenvalue weighted by Gasteiger charge is -2.17. The molecule has 0 unspecified atom stereocenters. The Kier molecular flexibility index (Phi) is 6.82. The Balaban J connectivity index is 1.97. The molecule has 0 saturated carbocycles. The standard InChI is InChI=1S/C19H20ClNO3/c1-24-19(23)17(13-15-9-5-6-10-16(15)20)21-18(22)12-11-14-7-3-2-4-8-14/h2-10,17H,11-13H2,1H3,(H,21,22)/t17-/m0/s1. The van der Waals surface area contributed by atoms with E-state index in [-0.39, 0.29) is 5.91 Å². The van der Waals surface area contributed by atoms with Gasteiger partial charge in [0.05, 0.1) is 7.11 Å². The Bertz CT molecular complexity index is 688. The van der Waals surface area contributed by atoms with Gasteiger partial charge in [-0.05, 0) is 23.6 Å². The number of benzene rings is 2. The first kappa shape index (κ1) is 18.0. The molecule has 0 heterocycles. The van der Waals surface area contributed by atoms with Crippen LogP contribution >= 0.6 is 11.6 Å². The molecule has 0 aliphatic heterocycles. The Hall–Kier alpha value is -2.33. The van der Waals surface area contributed by atoms with Gasteiger partial charge in [-0.3, -0.25) is 4.79 Å². The van der Waals surface area contributed by atoms with E-state index < -0.39 is 12.0 Å². The molecular weight excluding hydrogens is 326 g/mol. The van der Waals surface area contributed by atoms with E-state index in [1.54, 1.807) is 6.07 Å². The predicted octanol–water partition coefficient (Wildman–Crippen LogP) is 3.17. The molecule has 4 nitrogen and oxygen atoms in total. The molecule has 1 N–H and O–H groups in total. The minimum absolute atomic E-state index is 0.193. The monoisotopic (exact) mass is 345 g/mol. The fourth-order valence-electron chi connectivity index (χ4n) is 2.39. The third-order valence-electron chi connectivity index (χ3n) is 3.69. The zero-order valence-corrected chi connectivity index (χ0v) is 14.3. The number of hydrogen-bond donors (Lipinski definition) is 1. The van der Waals surface area contributed by atoms with Gasteiger partial charge in [-0.25, -0.2) is 4.79 Å². The molecular formula is C19H20ClNO3. The van der Waals surface area contributed by atoms with E-state index in [1.807, 2.05) is 48.5 Å². The Morgan fingerprint density at radius 3 is 2.42 bits per heavy atom. The van der Waals surface area contributed by atoms with Crippen LogP contribution in [-0.2, 0) is 27.2 Å². The quantitative estimate of drug-likeness (QED) is 0.784. The number of amides is 1. The smallest absolute Gasteiger partial charge is 0.328 e. The van der Waals surface area contributed by atoms with Crippen molar-refractivity contribution in [3.63, 3.8) is 0 Å². The largest absolute Gasteiger partial charge is 0.467 e. The number of esters is 1. The summed E-state index contributed by atoms with van der Waals surface area (Å²) in [6.07, 6.45) is 1.22. The van der Waals surface area contributed by atoms with Gasteiger partial charge >= 0.3 is 5.97 Å². The molecule has 0 spiro atoms. The number of nitrogens with one attached hydrogen (secondary N) is 1. The molecule has 0 saturated heterocycles. The van der Waals surface area contributed by atoms with Gasteiger partial charge in [0.15, 0.2) is 0 Å². The van der Waals surface area contributed by atoms with E-state index in [9.17, 15) is 9.59 Å². The molecule has 0 radical (unpaired) electrons. The fraction of sp³-hybridized carbons (Fsp3) is 0.263. The maximum atomic E-state index is 12.2. The number of halogens is 1. The van der Waals surface area contributed by atoms with Crippen molar-refractivity contribution in [1.29, 1.82) is 0 Å². The molecule has 0 bridgehead atoms. The van der Waals surface area contributed by atoms with Crippen LogP contribution in [0.3, 0.4) is 0 Å². The SMILES string of the molecule is COC(=O)[C@H](Cc1ccccc1Cl)NC(=O)CCc1ccccc1. The van der Waals surface area contributed by atoms with Crippen LogP contribution in [0.1, 0.15) is 17.5 Å². The number of aryl methyl sites for hydroxylation is 1. The lowest BCUT2D eigenvalue weighted by atomic mass is 10.0. The summed E-state index contributed by atoms with van der Waals surface area (Å²) in [4.78, 5) is 24.1. The molecule has 5 heteroatoms. The summed E-state index contributed by atoms with van der Waals surface area (Å²) in [5, 5.41) is 3.30. The third kappa shape index (κ3) is 5.39. The van der Waals surface area contributed by atoms with Crippen LogP contribution in [-0.4, -0.2) is 25.0 Å². The van der Waals surface area contributed by atoms with Crippen LogP contribution in [0.4, 0.5) is 0 Å². The zero-order valence-electron chi connectivity index (χ0n) is 13.5. The number of rotatable bonds is 7. The number of ether oxygens (including phenoxy) is 1. The van der Waals surface area contributed by atoms with E-state index in [0.717, 1.165) is 11.1 Å². The fourth-order valence-corrected chi connectivity index (χ4v) is 2.60. The van der Waals surface area contributed by atoms with Crippen molar-refractivity contribution >= 4 is 23.5 Å². The molecule has 0 aromatic heterocycles. The summed E-state index contributed by atoms with van der Waals surface area (Å²) >= 11 is 6.13. The molecule has 2 rings (SSSR count). The minimum atomic E-state index is -0.752. The number of carbonyl (C=O) groups excluding carboxylic acids is 2.